The Morgan fingerprint density at radius 2 is 2.00 bits per heavy atom. The van der Waals surface area contributed by atoms with Gasteiger partial charge in [0.15, 0.2) is 0 Å². The highest BCUT2D eigenvalue weighted by Crippen LogP contribution is 2.24. The van der Waals surface area contributed by atoms with Crippen molar-refractivity contribution < 1.29 is 4.74 Å². The van der Waals surface area contributed by atoms with Gasteiger partial charge < -0.3 is 10.5 Å². The molecule has 0 amide bonds. The quantitative estimate of drug-likeness (QED) is 0.801. The molecule has 0 aromatic heterocycles. The molecule has 1 aliphatic rings. The Labute approximate surface area is 91.4 Å². The van der Waals surface area contributed by atoms with Crippen molar-refractivity contribution in [1.29, 1.82) is 0 Å². The summed E-state index contributed by atoms with van der Waals surface area (Å²) in [6, 6.07) is 6.41. The first-order chi connectivity index (χ1) is 7.11. The summed E-state index contributed by atoms with van der Waals surface area (Å²) in [5, 5.41) is 0. The molecule has 1 saturated heterocycles. The molecule has 2 nitrogen and oxygen atoms in total. The van der Waals surface area contributed by atoms with Crippen molar-refractivity contribution in [3.63, 3.8) is 0 Å². The van der Waals surface area contributed by atoms with E-state index in [-0.39, 0.29) is 5.54 Å². The molecule has 2 rings (SSSR count). The predicted octanol–water partition coefficient (Wildman–Crippen LogP) is 1.96. The highest BCUT2D eigenvalue weighted by Gasteiger charge is 2.31. The lowest BCUT2D eigenvalue weighted by Crippen LogP contribution is -2.42. The van der Waals surface area contributed by atoms with E-state index in [0.717, 1.165) is 19.4 Å². The third-order valence-corrected chi connectivity index (χ3v) is 3.31. The van der Waals surface area contributed by atoms with Crippen LogP contribution >= 0.6 is 0 Å². The Bertz CT molecular complexity index is 333. The molecular formula is C13H19NO. The van der Waals surface area contributed by atoms with Gasteiger partial charge in [0.1, 0.15) is 0 Å². The summed E-state index contributed by atoms with van der Waals surface area (Å²) in [7, 11) is 0. The van der Waals surface area contributed by atoms with E-state index in [1.54, 1.807) is 0 Å². The molecule has 0 aliphatic carbocycles. The van der Waals surface area contributed by atoms with E-state index in [4.69, 9.17) is 10.5 Å². The van der Waals surface area contributed by atoms with Crippen LogP contribution in [0.15, 0.2) is 18.2 Å². The van der Waals surface area contributed by atoms with Crippen LogP contribution in [-0.4, -0.2) is 18.8 Å². The second-order valence-corrected chi connectivity index (χ2v) is 4.71. The molecule has 82 valence electrons. The fourth-order valence-electron chi connectivity index (χ4n) is 2.24. The monoisotopic (exact) mass is 205 g/mol. The molecule has 0 spiro atoms. The van der Waals surface area contributed by atoms with Gasteiger partial charge in [-0.2, -0.15) is 0 Å². The molecule has 1 aliphatic heterocycles. The third-order valence-electron chi connectivity index (χ3n) is 3.31. The molecule has 1 aromatic carbocycles. The molecule has 2 heteroatoms. The fourth-order valence-corrected chi connectivity index (χ4v) is 2.24. The number of nitrogens with two attached hydrogens (primary N) is 1. The van der Waals surface area contributed by atoms with Crippen LogP contribution in [0.3, 0.4) is 0 Å². The lowest BCUT2D eigenvalue weighted by molar-refractivity contribution is 0.178. The number of hydrogen-bond donors (Lipinski definition) is 1. The fraction of sp³-hybridized carbons (Fsp3) is 0.538. The van der Waals surface area contributed by atoms with Crippen molar-refractivity contribution in [2.24, 2.45) is 5.73 Å². The van der Waals surface area contributed by atoms with Gasteiger partial charge >= 0.3 is 0 Å². The summed E-state index contributed by atoms with van der Waals surface area (Å²) in [4.78, 5) is 0. The van der Waals surface area contributed by atoms with Crippen LogP contribution in [0.25, 0.3) is 0 Å². The molecule has 1 unspecified atom stereocenters. The molecular weight excluding hydrogens is 186 g/mol. The number of rotatable bonds is 2. The van der Waals surface area contributed by atoms with Crippen molar-refractivity contribution in [3.05, 3.63) is 34.9 Å². The van der Waals surface area contributed by atoms with Gasteiger partial charge in [0, 0.05) is 12.1 Å². The predicted molar refractivity (Wildman–Crippen MR) is 62.0 cm³/mol. The zero-order valence-corrected chi connectivity index (χ0v) is 9.55. The van der Waals surface area contributed by atoms with E-state index >= 15 is 0 Å². The molecule has 1 heterocycles. The van der Waals surface area contributed by atoms with Gasteiger partial charge in [0.05, 0.1) is 6.61 Å². The van der Waals surface area contributed by atoms with E-state index in [9.17, 15) is 0 Å². The molecule has 1 atom stereocenters. The first kappa shape index (κ1) is 10.7. The third kappa shape index (κ3) is 2.21. The van der Waals surface area contributed by atoms with Crippen LogP contribution in [0.1, 0.15) is 23.1 Å². The van der Waals surface area contributed by atoms with Crippen molar-refractivity contribution >= 4 is 0 Å². The van der Waals surface area contributed by atoms with Crippen LogP contribution in [0.5, 0.6) is 0 Å². The average molecular weight is 205 g/mol. The van der Waals surface area contributed by atoms with Crippen LogP contribution in [0.2, 0.25) is 0 Å². The standard InChI is InChI=1S/C13H19NO/c1-10-4-3-5-11(2)12(10)8-13(14)6-7-15-9-13/h3-5H,6-9,14H2,1-2H3. The Morgan fingerprint density at radius 1 is 1.33 bits per heavy atom. The summed E-state index contributed by atoms with van der Waals surface area (Å²) in [5.41, 5.74) is 10.2. The Morgan fingerprint density at radius 3 is 2.53 bits per heavy atom. The molecule has 2 N–H and O–H groups in total. The van der Waals surface area contributed by atoms with Crippen molar-refractivity contribution in [3.8, 4) is 0 Å². The minimum atomic E-state index is -0.142. The van der Waals surface area contributed by atoms with Crippen LogP contribution in [-0.2, 0) is 11.2 Å². The normalized spacial score (nSPS) is 25.8. The summed E-state index contributed by atoms with van der Waals surface area (Å²) in [6.07, 6.45) is 1.91. The van der Waals surface area contributed by atoms with Crippen LogP contribution < -0.4 is 5.73 Å². The minimum absolute atomic E-state index is 0.142. The van der Waals surface area contributed by atoms with Gasteiger partial charge in [-0.3, -0.25) is 0 Å². The Balaban J connectivity index is 2.23. The van der Waals surface area contributed by atoms with Crippen LogP contribution in [0.4, 0.5) is 0 Å². The van der Waals surface area contributed by atoms with E-state index in [1.165, 1.54) is 16.7 Å². The van der Waals surface area contributed by atoms with Gasteiger partial charge in [-0.25, -0.2) is 0 Å². The lowest BCUT2D eigenvalue weighted by Gasteiger charge is -2.24. The molecule has 1 fully saturated rings. The zero-order valence-electron chi connectivity index (χ0n) is 9.55. The SMILES string of the molecule is Cc1cccc(C)c1CC1(N)CCOC1. The maximum atomic E-state index is 6.30. The minimum Gasteiger partial charge on any atom is -0.379 e. The second-order valence-electron chi connectivity index (χ2n) is 4.71. The van der Waals surface area contributed by atoms with Crippen molar-refractivity contribution in [2.75, 3.05) is 13.2 Å². The molecule has 1 aromatic rings. The molecule has 0 radical (unpaired) electrons. The summed E-state index contributed by atoms with van der Waals surface area (Å²) >= 11 is 0. The maximum Gasteiger partial charge on any atom is 0.0650 e. The number of benzene rings is 1. The first-order valence-corrected chi connectivity index (χ1v) is 5.52. The highest BCUT2D eigenvalue weighted by atomic mass is 16.5. The summed E-state index contributed by atoms with van der Waals surface area (Å²) in [6.45, 7) is 5.81. The van der Waals surface area contributed by atoms with E-state index in [0.29, 0.717) is 6.61 Å². The van der Waals surface area contributed by atoms with Gasteiger partial charge in [-0.1, -0.05) is 18.2 Å². The Kier molecular flexibility index (Phi) is 2.81. The maximum absolute atomic E-state index is 6.30. The summed E-state index contributed by atoms with van der Waals surface area (Å²) in [5.74, 6) is 0. The average Bonchev–Trinajstić information content (AvgIpc) is 2.60. The molecule has 15 heavy (non-hydrogen) atoms. The lowest BCUT2D eigenvalue weighted by atomic mass is 9.87. The zero-order chi connectivity index (χ0) is 10.9. The van der Waals surface area contributed by atoms with Crippen molar-refractivity contribution in [1.82, 2.24) is 0 Å². The first-order valence-electron chi connectivity index (χ1n) is 5.52. The van der Waals surface area contributed by atoms with E-state index < -0.39 is 0 Å². The van der Waals surface area contributed by atoms with Gasteiger partial charge in [-0.05, 0) is 43.4 Å². The largest absolute Gasteiger partial charge is 0.379 e. The molecule has 0 bridgehead atoms. The smallest absolute Gasteiger partial charge is 0.0650 e. The van der Waals surface area contributed by atoms with E-state index in [1.807, 2.05) is 0 Å². The van der Waals surface area contributed by atoms with Gasteiger partial charge in [-0.15, -0.1) is 0 Å². The molecule has 0 saturated carbocycles. The Hall–Kier alpha value is -0.860. The number of hydrogen-bond acceptors (Lipinski definition) is 2. The number of ether oxygens (including phenoxy) is 1. The van der Waals surface area contributed by atoms with Crippen molar-refractivity contribution in [2.45, 2.75) is 32.2 Å². The topological polar surface area (TPSA) is 35.2 Å². The second kappa shape index (κ2) is 3.95. The van der Waals surface area contributed by atoms with Gasteiger partial charge in [0.2, 0.25) is 0 Å². The van der Waals surface area contributed by atoms with Gasteiger partial charge in [0.25, 0.3) is 0 Å². The number of aryl methyl sites for hydroxylation is 2. The summed E-state index contributed by atoms with van der Waals surface area (Å²) < 4.78 is 5.39. The van der Waals surface area contributed by atoms with Crippen LogP contribution in [0, 0.1) is 13.8 Å². The highest BCUT2D eigenvalue weighted by molar-refractivity contribution is 5.35. The van der Waals surface area contributed by atoms with E-state index in [2.05, 4.69) is 32.0 Å².